The van der Waals surface area contributed by atoms with Gasteiger partial charge in [0.25, 0.3) is 11.8 Å². The van der Waals surface area contributed by atoms with Crippen molar-refractivity contribution in [3.05, 3.63) is 62.7 Å². The Kier molecular flexibility index (Phi) is 5.99. The molecule has 2 aromatic rings. The molecule has 1 aliphatic rings. The number of halogens is 1. The van der Waals surface area contributed by atoms with Gasteiger partial charge >= 0.3 is 11.9 Å². The van der Waals surface area contributed by atoms with E-state index in [0.717, 1.165) is 7.11 Å². The maximum absolute atomic E-state index is 12.8. The second-order valence-electron chi connectivity index (χ2n) is 6.22. The minimum absolute atomic E-state index is 0.151. The molecular weight excluding hydrogens is 493 g/mol. The number of fused-ring (bicyclic) bond motifs is 1. The number of ether oxygens (including phenoxy) is 2. The van der Waals surface area contributed by atoms with Crippen LogP contribution in [0.25, 0.3) is 0 Å². The fourth-order valence-corrected chi connectivity index (χ4v) is 3.73. The molecule has 2 atom stereocenters. The fourth-order valence-electron chi connectivity index (χ4n) is 3.08. The van der Waals surface area contributed by atoms with Crippen LogP contribution in [0.5, 0.6) is 5.75 Å². The van der Waals surface area contributed by atoms with Gasteiger partial charge in [-0.1, -0.05) is 18.2 Å². The van der Waals surface area contributed by atoms with E-state index >= 15 is 0 Å². The minimum Gasteiger partial charge on any atom is -0.467 e. The van der Waals surface area contributed by atoms with Gasteiger partial charge in [0, 0.05) is 6.92 Å². The first-order chi connectivity index (χ1) is 13.8. The van der Waals surface area contributed by atoms with Gasteiger partial charge in [-0.2, -0.15) is 0 Å². The average molecular weight is 509 g/mol. The summed E-state index contributed by atoms with van der Waals surface area (Å²) in [6.07, 6.45) is -1.55. The van der Waals surface area contributed by atoms with Gasteiger partial charge in [-0.15, -0.1) is 0 Å². The van der Waals surface area contributed by atoms with E-state index in [1.807, 2.05) is 22.6 Å². The van der Waals surface area contributed by atoms with Crippen molar-refractivity contribution < 1.29 is 33.8 Å². The summed E-state index contributed by atoms with van der Waals surface area (Å²) in [6.45, 7) is 1.26. The van der Waals surface area contributed by atoms with Gasteiger partial charge in [-0.25, -0.2) is 4.79 Å². The van der Waals surface area contributed by atoms with Crippen LogP contribution >= 0.6 is 22.6 Å². The van der Waals surface area contributed by atoms with Crippen LogP contribution in [0.3, 0.4) is 0 Å². The first kappa shape index (κ1) is 20.9. The van der Waals surface area contributed by atoms with E-state index in [4.69, 9.17) is 9.47 Å². The number of esters is 2. The topological polar surface area (TPSA) is 110 Å². The van der Waals surface area contributed by atoms with Gasteiger partial charge in [0.2, 0.25) is 0 Å². The normalized spacial score (nSPS) is 15.0. The Labute approximate surface area is 179 Å². The largest absolute Gasteiger partial charge is 0.467 e. The molecule has 9 heteroatoms. The lowest BCUT2D eigenvalue weighted by molar-refractivity contribution is -0.149. The third-order valence-electron chi connectivity index (χ3n) is 4.40. The van der Waals surface area contributed by atoms with Crippen LogP contribution in [0.2, 0.25) is 0 Å². The molecule has 0 aromatic heterocycles. The van der Waals surface area contributed by atoms with Crippen LogP contribution < -0.4 is 4.74 Å². The number of carbonyl (C=O) groups excluding carboxylic acids is 4. The summed E-state index contributed by atoms with van der Waals surface area (Å²) in [7, 11) is 1.10. The lowest BCUT2D eigenvalue weighted by atomic mass is 10.0. The zero-order valence-corrected chi connectivity index (χ0v) is 17.6. The smallest absolute Gasteiger partial charge is 0.332 e. The fraction of sp³-hybridized carbons (Fsp3) is 0.200. The van der Waals surface area contributed by atoms with Crippen molar-refractivity contribution in [3.8, 4) is 5.75 Å². The number of nitrogens with zero attached hydrogens (tertiary/aromatic N) is 1. The lowest BCUT2D eigenvalue weighted by Gasteiger charge is -2.28. The van der Waals surface area contributed by atoms with Crippen LogP contribution in [0, 0.1) is 3.57 Å². The number of aliphatic hydroxyl groups is 1. The van der Waals surface area contributed by atoms with Crippen LogP contribution in [0.15, 0.2) is 42.5 Å². The highest BCUT2D eigenvalue weighted by Crippen LogP contribution is 2.32. The standard InChI is InChI=1S/C20H16INO7/c1-10(23)29-15-8-7-11(9-14(15)21)17(24)16(20(27)28-2)22-18(25)12-5-3-4-6-13(12)19(22)26/h3-9,16-17,24H,1-2H3/t16-,17+/m0/s1. The Hall–Kier alpha value is -2.79. The van der Waals surface area contributed by atoms with Gasteiger partial charge in [0.15, 0.2) is 6.04 Å². The van der Waals surface area contributed by atoms with Crippen LogP contribution in [-0.4, -0.2) is 46.9 Å². The minimum atomic E-state index is -1.58. The molecule has 0 radical (unpaired) electrons. The molecule has 0 saturated heterocycles. The Bertz CT molecular complexity index is 985. The lowest BCUT2D eigenvalue weighted by Crippen LogP contribution is -2.49. The number of benzene rings is 2. The number of rotatable bonds is 5. The Morgan fingerprint density at radius 3 is 2.14 bits per heavy atom. The summed E-state index contributed by atoms with van der Waals surface area (Å²) in [6, 6.07) is 8.98. The van der Waals surface area contributed by atoms with Crippen molar-refractivity contribution in [2.24, 2.45) is 0 Å². The Balaban J connectivity index is 1.99. The summed E-state index contributed by atoms with van der Waals surface area (Å²) in [5.41, 5.74) is 0.550. The molecule has 1 aliphatic heterocycles. The number of hydrogen-bond donors (Lipinski definition) is 1. The second-order valence-corrected chi connectivity index (χ2v) is 7.38. The highest BCUT2D eigenvalue weighted by Gasteiger charge is 2.46. The molecule has 29 heavy (non-hydrogen) atoms. The van der Waals surface area contributed by atoms with Crippen molar-refractivity contribution >= 4 is 46.3 Å². The molecule has 0 saturated carbocycles. The van der Waals surface area contributed by atoms with Crippen molar-refractivity contribution in [1.29, 1.82) is 0 Å². The van der Waals surface area contributed by atoms with Gasteiger partial charge in [-0.3, -0.25) is 19.3 Å². The number of aliphatic hydroxyl groups excluding tert-OH is 1. The molecule has 8 nitrogen and oxygen atoms in total. The number of methoxy groups -OCH3 is 1. The van der Waals surface area contributed by atoms with Gasteiger partial charge in [-0.05, 0) is 52.4 Å². The molecule has 0 spiro atoms. The van der Waals surface area contributed by atoms with Gasteiger partial charge in [0.05, 0.1) is 21.8 Å². The molecule has 3 rings (SSSR count). The highest BCUT2D eigenvalue weighted by atomic mass is 127. The molecule has 0 fully saturated rings. The Morgan fingerprint density at radius 2 is 1.66 bits per heavy atom. The van der Waals surface area contributed by atoms with Crippen LogP contribution in [-0.2, 0) is 14.3 Å². The number of carbonyl (C=O) groups is 4. The number of amides is 2. The highest BCUT2D eigenvalue weighted by molar-refractivity contribution is 14.1. The van der Waals surface area contributed by atoms with E-state index in [0.29, 0.717) is 8.47 Å². The third kappa shape index (κ3) is 3.87. The van der Waals surface area contributed by atoms with E-state index in [-0.39, 0.29) is 22.4 Å². The molecule has 0 bridgehead atoms. The van der Waals surface area contributed by atoms with E-state index in [2.05, 4.69) is 0 Å². The van der Waals surface area contributed by atoms with Crippen molar-refractivity contribution in [1.82, 2.24) is 4.90 Å². The van der Waals surface area contributed by atoms with E-state index < -0.39 is 35.9 Å². The number of hydrogen-bond acceptors (Lipinski definition) is 7. The zero-order chi connectivity index (χ0) is 21.3. The summed E-state index contributed by atoms with van der Waals surface area (Å²) >= 11 is 1.91. The summed E-state index contributed by atoms with van der Waals surface area (Å²) < 4.78 is 10.3. The first-order valence-electron chi connectivity index (χ1n) is 8.47. The van der Waals surface area contributed by atoms with E-state index in [1.54, 1.807) is 12.1 Å². The molecule has 1 N–H and O–H groups in total. The predicted molar refractivity (Wildman–Crippen MR) is 108 cm³/mol. The molecule has 1 heterocycles. The van der Waals surface area contributed by atoms with Crippen LogP contribution in [0.4, 0.5) is 0 Å². The second kappa shape index (κ2) is 8.29. The van der Waals surface area contributed by atoms with Gasteiger partial charge < -0.3 is 14.6 Å². The molecule has 0 unspecified atom stereocenters. The average Bonchev–Trinajstić information content (AvgIpc) is 2.94. The maximum atomic E-state index is 12.8. The van der Waals surface area contributed by atoms with Gasteiger partial charge in [0.1, 0.15) is 11.9 Å². The molecule has 150 valence electrons. The Morgan fingerprint density at radius 1 is 1.07 bits per heavy atom. The number of imide groups is 1. The SMILES string of the molecule is COC(=O)[C@H]([C@H](O)c1ccc(OC(C)=O)c(I)c1)N1C(=O)c2ccccc2C1=O. The molecule has 0 aliphatic carbocycles. The predicted octanol–water partition coefficient (Wildman–Crippen LogP) is 2.09. The maximum Gasteiger partial charge on any atom is 0.332 e. The summed E-state index contributed by atoms with van der Waals surface area (Å²) in [4.78, 5) is 49.9. The molecular formula is C20H16INO7. The molecule has 2 amide bonds. The van der Waals surface area contributed by atoms with Crippen molar-refractivity contribution in [2.75, 3.05) is 7.11 Å². The summed E-state index contributed by atoms with van der Waals surface area (Å²) in [5, 5.41) is 10.9. The third-order valence-corrected chi connectivity index (χ3v) is 5.24. The first-order valence-corrected chi connectivity index (χ1v) is 9.54. The zero-order valence-electron chi connectivity index (χ0n) is 15.4. The van der Waals surface area contributed by atoms with Crippen molar-refractivity contribution in [3.63, 3.8) is 0 Å². The molecule has 2 aromatic carbocycles. The van der Waals surface area contributed by atoms with E-state index in [1.165, 1.54) is 37.3 Å². The summed E-state index contributed by atoms with van der Waals surface area (Å²) in [5.74, 6) is -2.54. The van der Waals surface area contributed by atoms with Crippen molar-refractivity contribution in [2.45, 2.75) is 19.1 Å². The quantitative estimate of drug-likeness (QED) is 0.285. The van der Waals surface area contributed by atoms with Crippen LogP contribution in [0.1, 0.15) is 39.3 Å². The monoisotopic (exact) mass is 509 g/mol. The van der Waals surface area contributed by atoms with E-state index in [9.17, 15) is 24.3 Å².